The Morgan fingerprint density at radius 2 is 1.65 bits per heavy atom. The van der Waals surface area contributed by atoms with Gasteiger partial charge in [-0.05, 0) is 55.0 Å². The molecule has 5 heteroatoms. The molecule has 0 unspecified atom stereocenters. The molecule has 2 amide bonds. The van der Waals surface area contributed by atoms with E-state index < -0.39 is 5.91 Å². The Morgan fingerprint density at radius 1 is 1.00 bits per heavy atom. The van der Waals surface area contributed by atoms with Gasteiger partial charge in [0.2, 0.25) is 5.91 Å². The van der Waals surface area contributed by atoms with Crippen molar-refractivity contribution in [2.45, 2.75) is 6.92 Å². The Bertz CT molecular complexity index is 643. The Kier molecular flexibility index (Phi) is 3.70. The predicted molar refractivity (Wildman–Crippen MR) is 78.5 cm³/mol. The quantitative estimate of drug-likeness (QED) is 0.742. The first-order valence-corrected chi connectivity index (χ1v) is 6.04. The number of primary amides is 1. The molecule has 0 saturated carbocycles. The number of hydrogen-bond donors (Lipinski definition) is 3. The molecule has 0 heterocycles. The molecule has 0 aliphatic rings. The number of hydrogen-bond acceptors (Lipinski definition) is 3. The molecule has 0 spiro atoms. The predicted octanol–water partition coefficient (Wildman–Crippen LogP) is 1.93. The summed E-state index contributed by atoms with van der Waals surface area (Å²) in [5, 5.41) is 2.73. The molecule has 20 heavy (non-hydrogen) atoms. The maximum Gasteiger partial charge on any atom is 0.255 e. The summed E-state index contributed by atoms with van der Waals surface area (Å²) < 4.78 is 0. The van der Waals surface area contributed by atoms with Gasteiger partial charge in [0.15, 0.2) is 0 Å². The van der Waals surface area contributed by atoms with E-state index in [0.717, 1.165) is 5.56 Å². The number of carbonyl (C=O) groups is 2. The van der Waals surface area contributed by atoms with Crippen molar-refractivity contribution in [2.75, 3.05) is 11.1 Å². The first-order valence-electron chi connectivity index (χ1n) is 6.04. The van der Waals surface area contributed by atoms with E-state index in [2.05, 4.69) is 5.32 Å². The fourth-order valence-corrected chi connectivity index (χ4v) is 1.86. The fourth-order valence-electron chi connectivity index (χ4n) is 1.86. The zero-order chi connectivity index (χ0) is 14.7. The molecule has 5 nitrogen and oxygen atoms in total. The third-order valence-electron chi connectivity index (χ3n) is 2.79. The molecular formula is C15H15N3O2. The molecule has 0 bridgehead atoms. The van der Waals surface area contributed by atoms with Crippen LogP contribution in [-0.2, 0) is 0 Å². The minimum Gasteiger partial charge on any atom is -0.399 e. The molecular weight excluding hydrogens is 254 g/mol. The topological polar surface area (TPSA) is 98.2 Å². The lowest BCUT2D eigenvalue weighted by Gasteiger charge is -2.07. The van der Waals surface area contributed by atoms with Crippen LogP contribution in [0.4, 0.5) is 11.4 Å². The summed E-state index contributed by atoms with van der Waals surface area (Å²) >= 11 is 0. The Hall–Kier alpha value is -2.82. The van der Waals surface area contributed by atoms with Crippen LogP contribution in [0.25, 0.3) is 0 Å². The highest BCUT2D eigenvalue weighted by Gasteiger charge is 2.08. The molecule has 0 radical (unpaired) electrons. The van der Waals surface area contributed by atoms with E-state index in [1.807, 2.05) is 6.92 Å². The number of aryl methyl sites for hydroxylation is 1. The van der Waals surface area contributed by atoms with Crippen molar-refractivity contribution in [1.82, 2.24) is 0 Å². The molecule has 0 aliphatic carbocycles. The van der Waals surface area contributed by atoms with Gasteiger partial charge in [-0.1, -0.05) is 0 Å². The van der Waals surface area contributed by atoms with Crippen LogP contribution in [0.15, 0.2) is 42.5 Å². The van der Waals surface area contributed by atoms with Gasteiger partial charge >= 0.3 is 0 Å². The summed E-state index contributed by atoms with van der Waals surface area (Å²) in [6.07, 6.45) is 0. The van der Waals surface area contributed by atoms with Gasteiger partial charge in [-0.2, -0.15) is 0 Å². The average Bonchev–Trinajstić information content (AvgIpc) is 2.38. The first kappa shape index (κ1) is 13.6. The minimum absolute atomic E-state index is 0.257. The summed E-state index contributed by atoms with van der Waals surface area (Å²) in [5.74, 6) is -0.762. The summed E-state index contributed by atoms with van der Waals surface area (Å²) in [5.41, 5.74) is 13.8. The van der Waals surface area contributed by atoms with Crippen molar-refractivity contribution >= 4 is 23.2 Å². The van der Waals surface area contributed by atoms with Crippen molar-refractivity contribution in [1.29, 1.82) is 0 Å². The van der Waals surface area contributed by atoms with Crippen LogP contribution in [0.5, 0.6) is 0 Å². The van der Waals surface area contributed by atoms with E-state index in [4.69, 9.17) is 11.5 Å². The third-order valence-corrected chi connectivity index (χ3v) is 2.79. The standard InChI is InChI=1S/C15H15N3O2/c1-9-6-11(8-12(16)7-9)15(20)18-13-4-2-10(3-5-13)14(17)19/h2-8H,16H2,1H3,(H2,17,19)(H,18,20). The second kappa shape index (κ2) is 5.44. The highest BCUT2D eigenvalue weighted by molar-refractivity contribution is 6.05. The normalized spacial score (nSPS) is 10.1. The summed E-state index contributed by atoms with van der Waals surface area (Å²) in [6, 6.07) is 11.5. The molecule has 0 aliphatic heterocycles. The lowest BCUT2D eigenvalue weighted by Crippen LogP contribution is -2.13. The second-order valence-electron chi connectivity index (χ2n) is 4.53. The highest BCUT2D eigenvalue weighted by atomic mass is 16.2. The van der Waals surface area contributed by atoms with E-state index in [1.165, 1.54) is 0 Å². The Morgan fingerprint density at radius 3 is 2.20 bits per heavy atom. The van der Waals surface area contributed by atoms with Gasteiger partial charge in [0, 0.05) is 22.5 Å². The van der Waals surface area contributed by atoms with Crippen molar-refractivity contribution in [3.63, 3.8) is 0 Å². The monoisotopic (exact) mass is 269 g/mol. The molecule has 5 N–H and O–H groups in total. The number of anilines is 2. The Labute approximate surface area is 116 Å². The van der Waals surface area contributed by atoms with Crippen molar-refractivity contribution in [2.24, 2.45) is 5.73 Å². The van der Waals surface area contributed by atoms with Gasteiger partial charge in [-0.25, -0.2) is 0 Å². The first-order chi connectivity index (χ1) is 9.45. The number of nitrogen functional groups attached to an aromatic ring is 1. The average molecular weight is 269 g/mol. The van der Waals surface area contributed by atoms with Gasteiger partial charge in [0.25, 0.3) is 5.91 Å². The SMILES string of the molecule is Cc1cc(N)cc(C(=O)Nc2ccc(C(N)=O)cc2)c1. The van der Waals surface area contributed by atoms with Gasteiger partial charge in [-0.3, -0.25) is 9.59 Å². The van der Waals surface area contributed by atoms with Crippen LogP contribution in [0.2, 0.25) is 0 Å². The molecule has 0 saturated heterocycles. The largest absolute Gasteiger partial charge is 0.399 e. The van der Waals surface area contributed by atoms with Crippen LogP contribution in [0.3, 0.4) is 0 Å². The van der Waals surface area contributed by atoms with Crippen LogP contribution >= 0.6 is 0 Å². The third kappa shape index (κ3) is 3.14. The highest BCUT2D eigenvalue weighted by Crippen LogP contribution is 2.14. The molecule has 0 atom stereocenters. The number of rotatable bonds is 3. The number of nitrogens with two attached hydrogens (primary N) is 2. The lowest BCUT2D eigenvalue weighted by atomic mass is 10.1. The Balaban J connectivity index is 2.16. The van der Waals surface area contributed by atoms with Crippen molar-refractivity contribution in [3.05, 3.63) is 59.2 Å². The van der Waals surface area contributed by atoms with E-state index in [9.17, 15) is 9.59 Å². The number of benzene rings is 2. The number of amides is 2. The number of nitrogens with one attached hydrogen (secondary N) is 1. The van der Waals surface area contributed by atoms with E-state index in [-0.39, 0.29) is 5.91 Å². The lowest BCUT2D eigenvalue weighted by molar-refractivity contribution is 0.0998. The zero-order valence-electron chi connectivity index (χ0n) is 11.0. The van der Waals surface area contributed by atoms with Crippen LogP contribution in [-0.4, -0.2) is 11.8 Å². The maximum absolute atomic E-state index is 12.1. The van der Waals surface area contributed by atoms with Crippen molar-refractivity contribution < 1.29 is 9.59 Å². The maximum atomic E-state index is 12.1. The van der Waals surface area contributed by atoms with Gasteiger partial charge in [-0.15, -0.1) is 0 Å². The van der Waals surface area contributed by atoms with Gasteiger partial charge in [0.05, 0.1) is 0 Å². The zero-order valence-corrected chi connectivity index (χ0v) is 11.0. The summed E-state index contributed by atoms with van der Waals surface area (Å²) in [6.45, 7) is 1.87. The summed E-state index contributed by atoms with van der Waals surface area (Å²) in [4.78, 5) is 23.0. The summed E-state index contributed by atoms with van der Waals surface area (Å²) in [7, 11) is 0. The molecule has 2 aromatic rings. The van der Waals surface area contributed by atoms with E-state index >= 15 is 0 Å². The van der Waals surface area contributed by atoms with E-state index in [0.29, 0.717) is 22.5 Å². The van der Waals surface area contributed by atoms with Crippen LogP contribution in [0.1, 0.15) is 26.3 Å². The molecule has 0 fully saturated rings. The molecule has 102 valence electrons. The molecule has 0 aromatic heterocycles. The minimum atomic E-state index is -0.505. The fraction of sp³-hybridized carbons (Fsp3) is 0.0667. The number of carbonyl (C=O) groups excluding carboxylic acids is 2. The smallest absolute Gasteiger partial charge is 0.255 e. The van der Waals surface area contributed by atoms with Crippen LogP contribution in [0, 0.1) is 6.92 Å². The van der Waals surface area contributed by atoms with Gasteiger partial charge < -0.3 is 16.8 Å². The van der Waals surface area contributed by atoms with Crippen molar-refractivity contribution in [3.8, 4) is 0 Å². The second-order valence-corrected chi connectivity index (χ2v) is 4.53. The van der Waals surface area contributed by atoms with Gasteiger partial charge in [0.1, 0.15) is 0 Å². The molecule has 2 aromatic carbocycles. The molecule has 2 rings (SSSR count). The van der Waals surface area contributed by atoms with Crippen LogP contribution < -0.4 is 16.8 Å². The van der Waals surface area contributed by atoms with E-state index in [1.54, 1.807) is 42.5 Å².